The Balaban J connectivity index is 1.80. The highest BCUT2D eigenvalue weighted by molar-refractivity contribution is 7.09. The Labute approximate surface area is 162 Å². The fourth-order valence-electron chi connectivity index (χ4n) is 3.07. The van der Waals surface area contributed by atoms with E-state index in [1.807, 2.05) is 0 Å². The Morgan fingerprint density at radius 1 is 1.42 bits per heavy atom. The fraction of sp³-hybridized carbons (Fsp3) is 0.789. The molecule has 0 saturated carbocycles. The Kier molecular flexibility index (Phi) is 9.36. The number of aromatic nitrogens is 1. The third-order valence-corrected chi connectivity index (χ3v) is 5.75. The van der Waals surface area contributed by atoms with Crippen LogP contribution in [0.15, 0.2) is 10.4 Å². The standard InChI is InChI=1S/C19H35N5OS/c1-5-20-19(21-13-17-14-26-18(22-17)15(2)3)23-16-7-10-24(11-8-16)9-6-12-25-4/h14-16H,5-13H2,1-4H3,(H2,20,21,23). The Morgan fingerprint density at radius 2 is 2.19 bits per heavy atom. The highest BCUT2D eigenvalue weighted by atomic mass is 32.1. The largest absolute Gasteiger partial charge is 0.385 e. The van der Waals surface area contributed by atoms with Gasteiger partial charge in [-0.05, 0) is 26.2 Å². The SMILES string of the molecule is CCNC(=NCc1csc(C(C)C)n1)NC1CCN(CCCOC)CC1. The van der Waals surface area contributed by atoms with Gasteiger partial charge in [-0.1, -0.05) is 13.8 Å². The van der Waals surface area contributed by atoms with Crippen LogP contribution < -0.4 is 10.6 Å². The molecule has 2 N–H and O–H groups in total. The summed E-state index contributed by atoms with van der Waals surface area (Å²) in [4.78, 5) is 11.9. The summed E-state index contributed by atoms with van der Waals surface area (Å²) in [6.45, 7) is 12.2. The van der Waals surface area contributed by atoms with Crippen molar-refractivity contribution in [1.82, 2.24) is 20.5 Å². The molecule has 1 fully saturated rings. The number of hydrogen-bond acceptors (Lipinski definition) is 5. The fourth-order valence-corrected chi connectivity index (χ4v) is 3.89. The van der Waals surface area contributed by atoms with Crippen molar-refractivity contribution in [3.8, 4) is 0 Å². The number of nitrogens with zero attached hydrogens (tertiary/aromatic N) is 3. The van der Waals surface area contributed by atoms with E-state index in [1.165, 1.54) is 5.01 Å². The van der Waals surface area contributed by atoms with Crippen molar-refractivity contribution in [3.05, 3.63) is 16.1 Å². The van der Waals surface area contributed by atoms with Gasteiger partial charge in [0.1, 0.15) is 0 Å². The van der Waals surface area contributed by atoms with Gasteiger partial charge in [-0.2, -0.15) is 0 Å². The molecule has 0 spiro atoms. The third-order valence-electron chi connectivity index (χ3n) is 4.56. The topological polar surface area (TPSA) is 61.8 Å². The normalized spacial score (nSPS) is 17.0. The lowest BCUT2D eigenvalue weighted by atomic mass is 10.1. The second-order valence-corrected chi connectivity index (χ2v) is 8.02. The van der Waals surface area contributed by atoms with Crippen LogP contribution >= 0.6 is 11.3 Å². The highest BCUT2D eigenvalue weighted by Crippen LogP contribution is 2.19. The van der Waals surface area contributed by atoms with E-state index in [2.05, 4.69) is 46.7 Å². The molecule has 1 aliphatic heterocycles. The molecule has 0 radical (unpaired) electrons. The van der Waals surface area contributed by atoms with Crippen LogP contribution in [-0.2, 0) is 11.3 Å². The number of piperidine rings is 1. The van der Waals surface area contributed by atoms with Gasteiger partial charge in [0.25, 0.3) is 0 Å². The lowest BCUT2D eigenvalue weighted by Crippen LogP contribution is -2.48. The van der Waals surface area contributed by atoms with Crippen LogP contribution in [0.25, 0.3) is 0 Å². The second kappa shape index (κ2) is 11.5. The van der Waals surface area contributed by atoms with Crippen molar-refractivity contribution >= 4 is 17.3 Å². The summed E-state index contributed by atoms with van der Waals surface area (Å²) in [6.07, 6.45) is 3.43. The molecule has 6 nitrogen and oxygen atoms in total. The smallest absolute Gasteiger partial charge is 0.191 e. The molecule has 26 heavy (non-hydrogen) atoms. The van der Waals surface area contributed by atoms with Crippen molar-refractivity contribution in [2.75, 3.05) is 39.9 Å². The van der Waals surface area contributed by atoms with Crippen LogP contribution in [0.3, 0.4) is 0 Å². The van der Waals surface area contributed by atoms with Crippen LogP contribution in [-0.4, -0.2) is 61.8 Å². The lowest BCUT2D eigenvalue weighted by Gasteiger charge is -2.33. The second-order valence-electron chi connectivity index (χ2n) is 7.13. The molecule has 1 aliphatic rings. The minimum absolute atomic E-state index is 0.484. The zero-order valence-corrected chi connectivity index (χ0v) is 17.6. The average molecular weight is 382 g/mol. The summed E-state index contributed by atoms with van der Waals surface area (Å²) in [7, 11) is 1.77. The molecule has 0 amide bonds. The minimum Gasteiger partial charge on any atom is -0.385 e. The number of guanidine groups is 1. The molecule has 1 aromatic rings. The molecule has 2 heterocycles. The van der Waals surface area contributed by atoms with Gasteiger partial charge in [0.2, 0.25) is 0 Å². The summed E-state index contributed by atoms with van der Waals surface area (Å²) in [6, 6.07) is 0.494. The van der Waals surface area contributed by atoms with Crippen molar-refractivity contribution < 1.29 is 4.74 Å². The Hall–Kier alpha value is -1.18. The Bertz CT molecular complexity index is 538. The zero-order chi connectivity index (χ0) is 18.8. The molecular weight excluding hydrogens is 346 g/mol. The predicted molar refractivity (Wildman–Crippen MR) is 110 cm³/mol. The van der Waals surface area contributed by atoms with Gasteiger partial charge in [0.05, 0.1) is 17.2 Å². The van der Waals surface area contributed by atoms with Crippen LogP contribution in [0.2, 0.25) is 0 Å². The molecule has 0 atom stereocenters. The average Bonchev–Trinajstić information content (AvgIpc) is 3.11. The number of rotatable bonds is 9. The van der Waals surface area contributed by atoms with Crippen LogP contribution in [0.4, 0.5) is 0 Å². The molecule has 7 heteroatoms. The molecule has 2 rings (SSSR count). The van der Waals surface area contributed by atoms with E-state index in [0.29, 0.717) is 18.5 Å². The molecule has 0 bridgehead atoms. The maximum absolute atomic E-state index is 5.14. The molecule has 148 valence electrons. The van der Waals surface area contributed by atoms with Gasteiger partial charge < -0.3 is 20.3 Å². The van der Waals surface area contributed by atoms with Gasteiger partial charge in [-0.25, -0.2) is 9.98 Å². The molecule has 0 aromatic carbocycles. The van der Waals surface area contributed by atoms with Crippen molar-refractivity contribution in [3.63, 3.8) is 0 Å². The number of nitrogens with one attached hydrogen (secondary N) is 2. The van der Waals surface area contributed by atoms with Gasteiger partial charge in [-0.3, -0.25) is 0 Å². The first-order valence-corrected chi connectivity index (χ1v) is 10.7. The van der Waals surface area contributed by atoms with E-state index in [4.69, 9.17) is 9.73 Å². The van der Waals surface area contributed by atoms with E-state index in [1.54, 1.807) is 18.4 Å². The number of hydrogen-bond donors (Lipinski definition) is 2. The van der Waals surface area contributed by atoms with E-state index < -0.39 is 0 Å². The Morgan fingerprint density at radius 3 is 2.81 bits per heavy atom. The van der Waals surface area contributed by atoms with Crippen LogP contribution in [0.5, 0.6) is 0 Å². The first kappa shape index (κ1) is 21.1. The van der Waals surface area contributed by atoms with E-state index in [0.717, 1.165) is 63.7 Å². The van der Waals surface area contributed by atoms with Gasteiger partial charge in [-0.15, -0.1) is 11.3 Å². The van der Waals surface area contributed by atoms with Gasteiger partial charge in [0.15, 0.2) is 5.96 Å². The molecular formula is C19H35N5OS. The zero-order valence-electron chi connectivity index (χ0n) is 16.8. The summed E-state index contributed by atoms with van der Waals surface area (Å²) < 4.78 is 5.14. The lowest BCUT2D eigenvalue weighted by molar-refractivity contribution is 0.155. The maximum atomic E-state index is 5.14. The molecule has 1 aromatic heterocycles. The van der Waals surface area contributed by atoms with E-state index in [-0.39, 0.29) is 0 Å². The summed E-state index contributed by atoms with van der Waals surface area (Å²) in [5.74, 6) is 1.39. The maximum Gasteiger partial charge on any atom is 0.191 e. The van der Waals surface area contributed by atoms with Crippen molar-refractivity contribution in [2.24, 2.45) is 4.99 Å². The third kappa shape index (κ3) is 7.21. The van der Waals surface area contributed by atoms with Crippen LogP contribution in [0, 0.1) is 0 Å². The number of aliphatic imine (C=N–C) groups is 1. The highest BCUT2D eigenvalue weighted by Gasteiger charge is 2.19. The first-order chi connectivity index (χ1) is 12.6. The minimum atomic E-state index is 0.484. The number of ether oxygens (including phenoxy) is 1. The molecule has 1 saturated heterocycles. The van der Waals surface area contributed by atoms with Crippen molar-refractivity contribution in [1.29, 1.82) is 0 Å². The van der Waals surface area contributed by atoms with Crippen molar-refractivity contribution in [2.45, 2.75) is 58.5 Å². The van der Waals surface area contributed by atoms with Crippen LogP contribution in [0.1, 0.15) is 56.7 Å². The summed E-state index contributed by atoms with van der Waals surface area (Å²) in [5.41, 5.74) is 1.06. The first-order valence-electron chi connectivity index (χ1n) is 9.82. The number of thiazole rings is 1. The predicted octanol–water partition coefficient (Wildman–Crippen LogP) is 2.82. The monoisotopic (exact) mass is 381 g/mol. The number of likely N-dealkylation sites (tertiary alicyclic amines) is 1. The van der Waals surface area contributed by atoms with E-state index in [9.17, 15) is 0 Å². The van der Waals surface area contributed by atoms with Gasteiger partial charge in [0, 0.05) is 57.2 Å². The summed E-state index contributed by atoms with van der Waals surface area (Å²) >= 11 is 1.73. The molecule has 0 unspecified atom stereocenters. The molecule has 0 aliphatic carbocycles. The van der Waals surface area contributed by atoms with E-state index >= 15 is 0 Å². The van der Waals surface area contributed by atoms with Gasteiger partial charge >= 0.3 is 0 Å². The quantitative estimate of drug-likeness (QED) is 0.391. The summed E-state index contributed by atoms with van der Waals surface area (Å²) in [5, 5.41) is 10.3. The number of methoxy groups -OCH3 is 1.